The topological polar surface area (TPSA) is 84.9 Å². The van der Waals surface area contributed by atoms with Crippen molar-refractivity contribution in [2.45, 2.75) is 26.4 Å². The van der Waals surface area contributed by atoms with Crippen LogP contribution in [-0.4, -0.2) is 114 Å². The van der Waals surface area contributed by atoms with Crippen molar-refractivity contribution in [1.29, 1.82) is 0 Å². The Kier molecular flexibility index (Phi) is 20.5. The molecule has 0 radical (unpaired) electrons. The zero-order chi connectivity index (χ0) is 22.5. The summed E-state index contributed by atoms with van der Waals surface area (Å²) in [5.74, 6) is 0. The van der Waals surface area contributed by atoms with E-state index < -0.39 is 5.60 Å². The van der Waals surface area contributed by atoms with Crippen LogP contribution in [0, 0.1) is 0 Å². The highest BCUT2D eigenvalue weighted by atomic mass is 127. The molecule has 0 N–H and O–H groups in total. The molecule has 0 aromatic heterocycles. The highest BCUT2D eigenvalue weighted by Crippen LogP contribution is 2.08. The van der Waals surface area contributed by atoms with Crippen LogP contribution in [0.5, 0.6) is 0 Å². The number of ether oxygens (including phenoxy) is 7. The van der Waals surface area contributed by atoms with Gasteiger partial charge in [-0.1, -0.05) is 22.6 Å². The Hall–Kier alpha value is -0.240. The zero-order valence-corrected chi connectivity index (χ0v) is 21.1. The summed E-state index contributed by atoms with van der Waals surface area (Å²) in [5.41, 5.74) is -0.494. The fraction of sp³-hybridized carbons (Fsp3) is 0.950. The number of amides is 1. The molecule has 0 bridgehead atoms. The summed E-state index contributed by atoms with van der Waals surface area (Å²) in [6.45, 7) is 12.5. The van der Waals surface area contributed by atoms with Gasteiger partial charge in [-0.05, 0) is 20.8 Å². The van der Waals surface area contributed by atoms with E-state index in [-0.39, 0.29) is 6.09 Å². The van der Waals surface area contributed by atoms with Crippen molar-refractivity contribution in [2.75, 3.05) is 97.3 Å². The summed E-state index contributed by atoms with van der Waals surface area (Å²) in [6.07, 6.45) is -0.354. The zero-order valence-electron chi connectivity index (χ0n) is 19.0. The minimum absolute atomic E-state index is 0.354. The number of hydrogen-bond acceptors (Lipinski definition) is 8. The van der Waals surface area contributed by atoms with E-state index in [1.165, 1.54) is 4.90 Å². The van der Waals surface area contributed by atoms with Gasteiger partial charge >= 0.3 is 6.09 Å². The van der Waals surface area contributed by atoms with Crippen LogP contribution in [0.2, 0.25) is 0 Å². The van der Waals surface area contributed by atoms with Gasteiger partial charge in [-0.25, -0.2) is 4.79 Å². The maximum Gasteiger partial charge on any atom is 0.410 e. The van der Waals surface area contributed by atoms with Crippen LogP contribution in [0.4, 0.5) is 4.79 Å². The van der Waals surface area contributed by atoms with Crippen LogP contribution in [0.1, 0.15) is 20.8 Å². The van der Waals surface area contributed by atoms with Crippen LogP contribution >= 0.6 is 22.6 Å². The Labute approximate surface area is 195 Å². The van der Waals surface area contributed by atoms with Gasteiger partial charge in [-0.2, -0.15) is 0 Å². The lowest BCUT2D eigenvalue weighted by Crippen LogP contribution is -2.36. The third-order valence-corrected chi connectivity index (χ3v) is 3.80. The monoisotopic (exact) mass is 549 g/mol. The lowest BCUT2D eigenvalue weighted by molar-refractivity contribution is -0.0173. The molecule has 0 unspecified atom stereocenters. The summed E-state index contributed by atoms with van der Waals surface area (Å²) < 4.78 is 38.6. The number of nitrogens with zero attached hydrogens (tertiary/aromatic N) is 1. The molecule has 1 amide bonds. The minimum atomic E-state index is -0.494. The Balaban J connectivity index is 3.22. The first kappa shape index (κ1) is 29.8. The summed E-state index contributed by atoms with van der Waals surface area (Å²) in [5, 5.41) is 0. The molecule has 0 rings (SSSR count). The smallest absolute Gasteiger partial charge is 0.410 e. The van der Waals surface area contributed by atoms with Crippen molar-refractivity contribution in [3.63, 3.8) is 0 Å². The first-order valence-electron chi connectivity index (χ1n) is 10.3. The Bertz CT molecular complexity index is 395. The summed E-state index contributed by atoms with van der Waals surface area (Å²) in [7, 11) is 1.69. The Morgan fingerprint density at radius 1 is 0.667 bits per heavy atom. The maximum absolute atomic E-state index is 11.8. The van der Waals surface area contributed by atoms with Gasteiger partial charge in [0.25, 0.3) is 0 Å². The molecule has 0 spiro atoms. The molecule has 180 valence electrons. The predicted molar refractivity (Wildman–Crippen MR) is 123 cm³/mol. The Morgan fingerprint density at radius 3 is 1.33 bits per heavy atom. The van der Waals surface area contributed by atoms with Gasteiger partial charge in [0.1, 0.15) is 5.60 Å². The first-order chi connectivity index (χ1) is 14.4. The van der Waals surface area contributed by atoms with Gasteiger partial charge in [0.15, 0.2) is 0 Å². The van der Waals surface area contributed by atoms with E-state index in [0.29, 0.717) is 79.2 Å². The third kappa shape index (κ3) is 22.4. The second-order valence-corrected chi connectivity index (χ2v) is 8.34. The molecule has 0 aliphatic carbocycles. The summed E-state index contributed by atoms with van der Waals surface area (Å²) in [4.78, 5) is 13.3. The standard InChI is InChI=1S/C20H40INO8/c1-20(2,3)30-19(23)22(4)6-8-25-10-12-27-14-16-29-18-17-28-15-13-26-11-9-24-7-5-21/h5-18H2,1-4H3. The van der Waals surface area contributed by atoms with Crippen molar-refractivity contribution < 1.29 is 38.0 Å². The number of carbonyl (C=O) groups excluding carboxylic acids is 1. The SMILES string of the molecule is CN(CCOCCOCCOCCOCCOCCOCCI)C(=O)OC(C)(C)C. The molecular weight excluding hydrogens is 509 g/mol. The molecule has 0 aromatic carbocycles. The third-order valence-electron chi connectivity index (χ3n) is 3.36. The van der Waals surface area contributed by atoms with Crippen molar-refractivity contribution in [1.82, 2.24) is 4.90 Å². The molecule has 0 heterocycles. The highest BCUT2D eigenvalue weighted by Gasteiger charge is 2.19. The van der Waals surface area contributed by atoms with Crippen molar-refractivity contribution in [3.8, 4) is 0 Å². The summed E-state index contributed by atoms with van der Waals surface area (Å²) in [6, 6.07) is 0. The second-order valence-electron chi connectivity index (χ2n) is 7.27. The average molecular weight is 549 g/mol. The molecule has 10 heteroatoms. The minimum Gasteiger partial charge on any atom is -0.444 e. The molecule has 30 heavy (non-hydrogen) atoms. The van der Waals surface area contributed by atoms with Gasteiger partial charge in [-0.3, -0.25) is 0 Å². The number of rotatable bonds is 20. The van der Waals surface area contributed by atoms with Crippen LogP contribution < -0.4 is 0 Å². The lowest BCUT2D eigenvalue weighted by Gasteiger charge is -2.24. The van der Waals surface area contributed by atoms with Gasteiger partial charge in [-0.15, -0.1) is 0 Å². The number of alkyl halides is 1. The van der Waals surface area contributed by atoms with Crippen LogP contribution in [0.15, 0.2) is 0 Å². The van der Waals surface area contributed by atoms with Gasteiger partial charge < -0.3 is 38.1 Å². The van der Waals surface area contributed by atoms with Crippen LogP contribution in [0.3, 0.4) is 0 Å². The molecule has 0 saturated carbocycles. The van der Waals surface area contributed by atoms with E-state index in [1.54, 1.807) is 7.05 Å². The Morgan fingerprint density at radius 2 is 1.00 bits per heavy atom. The normalized spacial score (nSPS) is 11.6. The van der Waals surface area contributed by atoms with Crippen LogP contribution in [-0.2, 0) is 33.2 Å². The van der Waals surface area contributed by atoms with E-state index in [1.807, 2.05) is 20.8 Å². The lowest BCUT2D eigenvalue weighted by atomic mass is 10.2. The molecule has 0 fully saturated rings. The van der Waals surface area contributed by atoms with Gasteiger partial charge in [0.2, 0.25) is 0 Å². The first-order valence-corrected chi connectivity index (χ1v) is 11.9. The van der Waals surface area contributed by atoms with E-state index in [0.717, 1.165) is 11.0 Å². The molecule has 9 nitrogen and oxygen atoms in total. The molecule has 0 atom stereocenters. The number of likely N-dealkylation sites (N-methyl/N-ethyl adjacent to an activating group) is 1. The van der Waals surface area contributed by atoms with E-state index in [2.05, 4.69) is 22.6 Å². The van der Waals surface area contributed by atoms with Crippen molar-refractivity contribution in [2.24, 2.45) is 0 Å². The van der Waals surface area contributed by atoms with Crippen molar-refractivity contribution >= 4 is 28.7 Å². The van der Waals surface area contributed by atoms with E-state index in [9.17, 15) is 4.79 Å². The second kappa shape index (κ2) is 20.7. The quantitative estimate of drug-likeness (QED) is 0.130. The summed E-state index contributed by atoms with van der Waals surface area (Å²) >= 11 is 2.27. The fourth-order valence-corrected chi connectivity index (χ4v) is 2.20. The highest BCUT2D eigenvalue weighted by molar-refractivity contribution is 14.1. The molecule has 0 saturated heterocycles. The van der Waals surface area contributed by atoms with Crippen LogP contribution in [0.25, 0.3) is 0 Å². The van der Waals surface area contributed by atoms with E-state index in [4.69, 9.17) is 33.2 Å². The predicted octanol–water partition coefficient (Wildman–Crippen LogP) is 2.39. The largest absolute Gasteiger partial charge is 0.444 e. The van der Waals surface area contributed by atoms with Crippen molar-refractivity contribution in [3.05, 3.63) is 0 Å². The number of halogens is 1. The number of carbonyl (C=O) groups is 1. The molecule has 0 aliphatic heterocycles. The maximum atomic E-state index is 11.8. The molecular formula is C20H40INO8. The molecule has 0 aromatic rings. The molecule has 0 aliphatic rings. The average Bonchev–Trinajstić information content (AvgIpc) is 2.68. The fourth-order valence-electron chi connectivity index (χ4n) is 1.89. The van der Waals surface area contributed by atoms with Gasteiger partial charge in [0, 0.05) is 18.0 Å². The van der Waals surface area contributed by atoms with Gasteiger partial charge in [0.05, 0.1) is 79.3 Å². The van der Waals surface area contributed by atoms with E-state index >= 15 is 0 Å². The number of hydrogen-bond donors (Lipinski definition) is 0.